The number of aryl methyl sites for hydroxylation is 3. The molecule has 0 radical (unpaired) electrons. The molecule has 1 N–H and O–H groups in total. The molecule has 0 spiro atoms. The number of terminal acetylenes is 1. The molecule has 0 atom stereocenters. The third kappa shape index (κ3) is 6.61. The van der Waals surface area contributed by atoms with Gasteiger partial charge in [0.15, 0.2) is 14.0 Å². The van der Waals surface area contributed by atoms with Crippen LogP contribution in [-0.4, -0.2) is 45.6 Å². The molecule has 9 nitrogen and oxygen atoms in total. The van der Waals surface area contributed by atoms with Gasteiger partial charge < -0.3 is 18.8 Å². The van der Waals surface area contributed by atoms with E-state index in [1.807, 2.05) is 38.1 Å². The molecule has 2 heterocycles. The molecule has 0 unspecified atom stereocenters. The second-order valence-corrected chi connectivity index (χ2v) is 9.45. The number of rotatable bonds is 14. The Kier molecular flexibility index (Phi) is 10.1. The van der Waals surface area contributed by atoms with E-state index in [4.69, 9.17) is 20.2 Å². The first kappa shape index (κ1) is 26.7. The summed E-state index contributed by atoms with van der Waals surface area (Å²) >= 11 is 0. The van der Waals surface area contributed by atoms with Crippen LogP contribution in [0.2, 0.25) is 0 Å². The van der Waals surface area contributed by atoms with Gasteiger partial charge in [0, 0.05) is 19.1 Å². The van der Waals surface area contributed by atoms with Crippen molar-refractivity contribution >= 4 is 19.5 Å². The van der Waals surface area contributed by atoms with Crippen LogP contribution in [0.1, 0.15) is 38.1 Å². The number of unbranched alkanes of at least 4 members (excludes halogenated alkanes) is 1. The molecule has 0 bridgehead atoms. The number of hydrogen-bond acceptors (Lipinski definition) is 6. The van der Waals surface area contributed by atoms with Gasteiger partial charge in [-0.05, 0) is 44.7 Å². The van der Waals surface area contributed by atoms with Gasteiger partial charge in [-0.1, -0.05) is 24.1 Å². The molecule has 0 saturated heterocycles. The number of aromatic amines is 1. The molecule has 0 saturated carbocycles. The molecule has 2 aromatic heterocycles. The number of nitrogens with one attached hydrogen (secondary N) is 1. The van der Waals surface area contributed by atoms with Crippen LogP contribution in [0, 0.1) is 12.3 Å². The van der Waals surface area contributed by atoms with Crippen molar-refractivity contribution in [3.05, 3.63) is 56.5 Å². The molecule has 10 heteroatoms. The largest absolute Gasteiger partial charge is 0.496 e. The lowest BCUT2D eigenvalue weighted by molar-refractivity contribution is 0.268. The number of nitrogens with zero attached hydrogens (tertiary/aromatic N) is 3. The minimum absolute atomic E-state index is 0.0941. The fourth-order valence-electron chi connectivity index (χ4n) is 3.89. The normalized spacial score (nSPS) is 11.3. The number of imidazole rings is 1. The molecule has 0 fully saturated rings. The Morgan fingerprint density at radius 2 is 1.83 bits per heavy atom. The lowest BCUT2D eigenvalue weighted by atomic mass is 10.1. The van der Waals surface area contributed by atoms with Crippen molar-refractivity contribution in [3.8, 4) is 18.1 Å². The van der Waals surface area contributed by atoms with Crippen molar-refractivity contribution < 1.29 is 13.8 Å². The molecule has 0 aliphatic carbocycles. The molecule has 0 aliphatic rings. The van der Waals surface area contributed by atoms with Crippen LogP contribution >= 0.6 is 8.38 Å². The van der Waals surface area contributed by atoms with Crippen LogP contribution in [0.15, 0.2) is 33.9 Å². The number of H-pyrrole nitrogens is 1. The SMILES string of the molecule is C#CCn1c(=O)c2[nH]c(CCc3ccccc3OC)nc2n(CCCCP(OCC)OCC)c1=O. The highest BCUT2D eigenvalue weighted by molar-refractivity contribution is 7.47. The van der Waals surface area contributed by atoms with Gasteiger partial charge in [0.05, 0.1) is 26.9 Å². The first-order valence-corrected chi connectivity index (χ1v) is 13.2. The van der Waals surface area contributed by atoms with Crippen LogP contribution in [0.3, 0.4) is 0 Å². The summed E-state index contributed by atoms with van der Waals surface area (Å²) in [5, 5.41) is 0. The summed E-state index contributed by atoms with van der Waals surface area (Å²) in [7, 11) is 0.708. The highest BCUT2D eigenvalue weighted by atomic mass is 31.2. The van der Waals surface area contributed by atoms with E-state index in [1.54, 1.807) is 11.7 Å². The second kappa shape index (κ2) is 13.2. The Morgan fingerprint density at radius 3 is 2.51 bits per heavy atom. The number of hydrogen-bond donors (Lipinski definition) is 1. The maximum Gasteiger partial charge on any atom is 0.333 e. The summed E-state index contributed by atoms with van der Waals surface area (Å²) < 4.78 is 19.4. The number of benzene rings is 1. The topological polar surface area (TPSA) is 100 Å². The van der Waals surface area contributed by atoms with E-state index in [2.05, 4.69) is 15.9 Å². The van der Waals surface area contributed by atoms with E-state index in [-0.39, 0.29) is 6.54 Å². The Hall–Kier alpha value is -2.92. The van der Waals surface area contributed by atoms with Crippen LogP contribution in [0.5, 0.6) is 5.75 Å². The summed E-state index contributed by atoms with van der Waals surface area (Å²) in [6, 6.07) is 7.78. The van der Waals surface area contributed by atoms with Crippen LogP contribution in [-0.2, 0) is 35.0 Å². The van der Waals surface area contributed by atoms with Gasteiger partial charge >= 0.3 is 5.69 Å². The zero-order valence-electron chi connectivity index (χ0n) is 20.6. The summed E-state index contributed by atoms with van der Waals surface area (Å²) in [6.07, 6.45) is 8.97. The van der Waals surface area contributed by atoms with Crippen LogP contribution in [0.25, 0.3) is 11.2 Å². The first-order valence-electron chi connectivity index (χ1n) is 11.8. The number of methoxy groups -OCH3 is 1. The van der Waals surface area contributed by atoms with Gasteiger partial charge in [-0.2, -0.15) is 0 Å². The van der Waals surface area contributed by atoms with E-state index in [0.717, 1.165) is 28.5 Å². The Balaban J connectivity index is 1.84. The van der Waals surface area contributed by atoms with Crippen molar-refractivity contribution in [2.45, 2.75) is 52.6 Å². The van der Waals surface area contributed by atoms with E-state index in [9.17, 15) is 9.59 Å². The number of para-hydroxylation sites is 1. The molecule has 0 amide bonds. The molecule has 188 valence electrons. The standard InChI is InChI=1S/C25H33N4O5P/c1-5-16-29-24(30)22-23(27-21(26-22)15-14-19-12-8-9-13-20(19)32-4)28(25(29)31)17-10-11-18-35(33-6-2)34-7-3/h1,8-9,12-13H,6-7,10-11,14-18H2,2-4H3,(H,26,27). The van der Waals surface area contributed by atoms with Gasteiger partial charge in [-0.15, -0.1) is 6.42 Å². The quantitative estimate of drug-likeness (QED) is 0.207. The Bertz CT molecular complexity index is 1270. The van der Waals surface area contributed by atoms with Gasteiger partial charge in [-0.25, -0.2) is 14.3 Å². The number of ether oxygens (including phenoxy) is 1. The highest BCUT2D eigenvalue weighted by Crippen LogP contribution is 2.38. The summed E-state index contributed by atoms with van der Waals surface area (Å²) in [6.45, 7) is 5.42. The maximum absolute atomic E-state index is 13.1. The van der Waals surface area contributed by atoms with Crippen LogP contribution in [0.4, 0.5) is 0 Å². The van der Waals surface area contributed by atoms with E-state index in [1.165, 1.54) is 0 Å². The van der Waals surface area contributed by atoms with Crippen molar-refractivity contribution in [1.82, 2.24) is 19.1 Å². The monoisotopic (exact) mass is 500 g/mol. The zero-order chi connectivity index (χ0) is 25.2. The lowest BCUT2D eigenvalue weighted by Gasteiger charge is -2.15. The number of aromatic nitrogens is 4. The molecule has 3 aromatic rings. The smallest absolute Gasteiger partial charge is 0.333 e. The minimum Gasteiger partial charge on any atom is -0.496 e. The predicted molar refractivity (Wildman–Crippen MR) is 138 cm³/mol. The van der Waals surface area contributed by atoms with Gasteiger partial charge in [0.2, 0.25) is 0 Å². The predicted octanol–water partition coefficient (Wildman–Crippen LogP) is 3.48. The second-order valence-electron chi connectivity index (χ2n) is 7.82. The highest BCUT2D eigenvalue weighted by Gasteiger charge is 2.18. The van der Waals surface area contributed by atoms with E-state index >= 15 is 0 Å². The zero-order valence-corrected chi connectivity index (χ0v) is 21.5. The average Bonchev–Trinajstić information content (AvgIpc) is 3.29. The molecule has 35 heavy (non-hydrogen) atoms. The molecule has 0 aliphatic heterocycles. The molecule has 3 rings (SSSR count). The van der Waals surface area contributed by atoms with Crippen molar-refractivity contribution in [2.24, 2.45) is 0 Å². The molecular formula is C25H33N4O5P. The van der Waals surface area contributed by atoms with Gasteiger partial charge in [0.1, 0.15) is 17.1 Å². The van der Waals surface area contributed by atoms with Crippen molar-refractivity contribution in [1.29, 1.82) is 0 Å². The molecule has 1 aromatic carbocycles. The summed E-state index contributed by atoms with van der Waals surface area (Å²) in [5.41, 5.74) is 0.796. The third-order valence-corrected chi connectivity index (χ3v) is 7.28. The van der Waals surface area contributed by atoms with Crippen molar-refractivity contribution in [2.75, 3.05) is 26.5 Å². The average molecular weight is 501 g/mol. The first-order chi connectivity index (χ1) is 17.0. The van der Waals surface area contributed by atoms with Gasteiger partial charge in [-0.3, -0.25) is 9.36 Å². The Labute approximate surface area is 206 Å². The Morgan fingerprint density at radius 1 is 1.09 bits per heavy atom. The fourth-order valence-corrected chi connectivity index (χ4v) is 5.28. The van der Waals surface area contributed by atoms with E-state index in [0.29, 0.717) is 56.0 Å². The third-order valence-electron chi connectivity index (χ3n) is 5.50. The lowest BCUT2D eigenvalue weighted by Crippen LogP contribution is -2.40. The summed E-state index contributed by atoms with van der Waals surface area (Å²) in [4.78, 5) is 33.9. The van der Waals surface area contributed by atoms with Gasteiger partial charge in [0.25, 0.3) is 5.56 Å². The van der Waals surface area contributed by atoms with Crippen LogP contribution < -0.4 is 16.0 Å². The minimum atomic E-state index is -0.929. The fraction of sp³-hybridized carbons (Fsp3) is 0.480. The van der Waals surface area contributed by atoms with E-state index < -0.39 is 19.6 Å². The molecular weight excluding hydrogens is 467 g/mol. The number of fused-ring (bicyclic) bond motifs is 1. The maximum atomic E-state index is 13.1. The summed E-state index contributed by atoms with van der Waals surface area (Å²) in [5.74, 6) is 3.84. The van der Waals surface area contributed by atoms with Crippen molar-refractivity contribution in [3.63, 3.8) is 0 Å².